The fraction of sp³-hybridized carbons (Fsp3) is 0.250. The number of hydrogen-bond acceptors (Lipinski definition) is 5. The number of guanidine groups is 1. The van der Waals surface area contributed by atoms with Gasteiger partial charge < -0.3 is 5.73 Å². The third kappa shape index (κ3) is 1.52. The molecular formula is C4H7N5. The molecule has 5 nitrogen and oxygen atoms in total. The molecule has 0 fully saturated rings. The summed E-state index contributed by atoms with van der Waals surface area (Å²) in [5.74, 6) is 0.211. The zero-order valence-corrected chi connectivity index (χ0v) is 5.00. The van der Waals surface area contributed by atoms with Gasteiger partial charge in [0.25, 0.3) is 0 Å². The lowest BCUT2D eigenvalue weighted by Gasteiger charge is -1.89. The van der Waals surface area contributed by atoms with Gasteiger partial charge in [-0.15, -0.1) is 5.10 Å². The first-order valence-corrected chi connectivity index (χ1v) is 2.46. The summed E-state index contributed by atoms with van der Waals surface area (Å²) < 4.78 is 0. The van der Waals surface area contributed by atoms with Crippen LogP contribution in [0.15, 0.2) is 15.3 Å². The van der Waals surface area contributed by atoms with Crippen LogP contribution in [0.2, 0.25) is 0 Å². The van der Waals surface area contributed by atoms with E-state index in [0.717, 1.165) is 5.71 Å². The van der Waals surface area contributed by atoms with Crippen LogP contribution in [0.1, 0.15) is 6.92 Å². The molecule has 48 valence electrons. The quantitative estimate of drug-likeness (QED) is 0.447. The van der Waals surface area contributed by atoms with Gasteiger partial charge in [0.15, 0.2) is 0 Å². The van der Waals surface area contributed by atoms with Gasteiger partial charge in [-0.05, 0) is 6.92 Å². The van der Waals surface area contributed by atoms with Gasteiger partial charge in [0.1, 0.15) is 0 Å². The van der Waals surface area contributed by atoms with E-state index in [4.69, 9.17) is 5.73 Å². The summed E-state index contributed by atoms with van der Waals surface area (Å²) in [5.41, 5.74) is 8.40. The van der Waals surface area contributed by atoms with E-state index in [1.165, 1.54) is 0 Å². The van der Waals surface area contributed by atoms with Crippen LogP contribution in [-0.4, -0.2) is 17.9 Å². The van der Waals surface area contributed by atoms with Crippen molar-refractivity contribution in [2.24, 2.45) is 21.0 Å². The maximum absolute atomic E-state index is 5.22. The summed E-state index contributed by atoms with van der Waals surface area (Å²) in [6.45, 7) is 1.78. The van der Waals surface area contributed by atoms with Crippen molar-refractivity contribution in [1.29, 1.82) is 0 Å². The minimum atomic E-state index is 0.211. The molecule has 3 N–H and O–H groups in total. The van der Waals surface area contributed by atoms with E-state index in [0.29, 0.717) is 0 Å². The number of nitrogens with one attached hydrogen (secondary N) is 1. The van der Waals surface area contributed by atoms with Gasteiger partial charge in [0, 0.05) is 0 Å². The van der Waals surface area contributed by atoms with Crippen molar-refractivity contribution in [2.45, 2.75) is 6.92 Å². The standard InChI is InChI=1S/C4H7N5/c1-3-2-6-8-4(5)9-7-3/h2H,1H3,(H3,5,8,9). The molecule has 0 spiro atoms. The summed E-state index contributed by atoms with van der Waals surface area (Å²) >= 11 is 0. The van der Waals surface area contributed by atoms with Gasteiger partial charge in [0.2, 0.25) is 5.96 Å². The van der Waals surface area contributed by atoms with Gasteiger partial charge >= 0.3 is 0 Å². The Balaban J connectivity index is 2.80. The fourth-order valence-corrected chi connectivity index (χ4v) is 0.373. The van der Waals surface area contributed by atoms with E-state index in [9.17, 15) is 0 Å². The van der Waals surface area contributed by atoms with Crippen LogP contribution < -0.4 is 11.2 Å². The second-order valence-electron chi connectivity index (χ2n) is 1.60. The van der Waals surface area contributed by atoms with Crippen LogP contribution in [0.3, 0.4) is 0 Å². The monoisotopic (exact) mass is 125 g/mol. The number of rotatable bonds is 0. The topological polar surface area (TPSA) is 75.1 Å². The molecule has 0 saturated carbocycles. The highest BCUT2D eigenvalue weighted by Gasteiger charge is 1.91. The first kappa shape index (κ1) is 5.74. The molecule has 5 heteroatoms. The molecule has 0 radical (unpaired) electrons. The molecule has 1 aliphatic rings. The number of nitrogens with two attached hydrogens (primary N) is 1. The number of nitrogens with zero attached hydrogens (tertiary/aromatic N) is 3. The van der Waals surface area contributed by atoms with E-state index in [2.05, 4.69) is 20.7 Å². The highest BCUT2D eigenvalue weighted by Crippen LogP contribution is 1.79. The van der Waals surface area contributed by atoms with Crippen LogP contribution in [-0.2, 0) is 0 Å². The Morgan fingerprint density at radius 2 is 2.33 bits per heavy atom. The SMILES string of the molecule is CC1=NN=C(N)NN=C1. The van der Waals surface area contributed by atoms with Crippen molar-refractivity contribution >= 4 is 17.9 Å². The summed E-state index contributed by atoms with van der Waals surface area (Å²) in [6, 6.07) is 0. The Labute approximate surface area is 52.3 Å². The lowest BCUT2D eigenvalue weighted by atomic mass is 10.5. The van der Waals surface area contributed by atoms with Crippen molar-refractivity contribution in [1.82, 2.24) is 5.43 Å². The highest BCUT2D eigenvalue weighted by atomic mass is 15.4. The normalized spacial score (nSPS) is 17.4. The zero-order valence-electron chi connectivity index (χ0n) is 5.00. The number of hydrazone groups is 1. The average Bonchev–Trinajstić information content (AvgIpc) is 1.97. The first-order chi connectivity index (χ1) is 4.29. The average molecular weight is 125 g/mol. The lowest BCUT2D eigenvalue weighted by Crippen LogP contribution is -2.25. The van der Waals surface area contributed by atoms with Gasteiger partial charge in [-0.3, -0.25) is 0 Å². The Morgan fingerprint density at radius 3 is 3.11 bits per heavy atom. The largest absolute Gasteiger partial charge is 0.367 e. The zero-order chi connectivity index (χ0) is 6.69. The van der Waals surface area contributed by atoms with E-state index in [1.54, 1.807) is 13.1 Å². The van der Waals surface area contributed by atoms with Crippen LogP contribution >= 0.6 is 0 Å². The van der Waals surface area contributed by atoms with E-state index >= 15 is 0 Å². The third-order valence-electron chi connectivity index (χ3n) is 0.746. The highest BCUT2D eigenvalue weighted by molar-refractivity contribution is 6.29. The molecule has 1 heterocycles. The Bertz CT molecular complexity index is 189. The molecule has 0 bridgehead atoms. The van der Waals surface area contributed by atoms with E-state index in [-0.39, 0.29) is 5.96 Å². The third-order valence-corrected chi connectivity index (χ3v) is 0.746. The van der Waals surface area contributed by atoms with E-state index in [1.807, 2.05) is 0 Å². The summed E-state index contributed by atoms with van der Waals surface area (Å²) in [6.07, 6.45) is 1.54. The fourth-order valence-electron chi connectivity index (χ4n) is 0.373. The summed E-state index contributed by atoms with van der Waals surface area (Å²) in [7, 11) is 0. The Hall–Kier alpha value is -1.39. The van der Waals surface area contributed by atoms with Crippen molar-refractivity contribution in [2.75, 3.05) is 0 Å². The molecule has 9 heavy (non-hydrogen) atoms. The molecule has 0 amide bonds. The Morgan fingerprint density at radius 1 is 1.56 bits per heavy atom. The molecule has 0 aromatic rings. The van der Waals surface area contributed by atoms with Gasteiger partial charge in [-0.1, -0.05) is 0 Å². The summed E-state index contributed by atoms with van der Waals surface area (Å²) in [5, 5.41) is 10.9. The minimum Gasteiger partial charge on any atom is -0.367 e. The molecule has 0 saturated heterocycles. The second kappa shape index (κ2) is 2.25. The van der Waals surface area contributed by atoms with Crippen LogP contribution in [0, 0.1) is 0 Å². The van der Waals surface area contributed by atoms with Gasteiger partial charge in [0.05, 0.1) is 11.9 Å². The predicted molar refractivity (Wildman–Crippen MR) is 36.4 cm³/mol. The van der Waals surface area contributed by atoms with Crippen LogP contribution in [0.25, 0.3) is 0 Å². The lowest BCUT2D eigenvalue weighted by molar-refractivity contribution is 1.00. The van der Waals surface area contributed by atoms with Crippen molar-refractivity contribution < 1.29 is 0 Å². The summed E-state index contributed by atoms with van der Waals surface area (Å²) in [4.78, 5) is 0. The van der Waals surface area contributed by atoms with Crippen molar-refractivity contribution in [3.05, 3.63) is 0 Å². The van der Waals surface area contributed by atoms with Crippen LogP contribution in [0.5, 0.6) is 0 Å². The molecular weight excluding hydrogens is 118 g/mol. The molecule has 0 aliphatic carbocycles. The Kier molecular flexibility index (Phi) is 1.44. The van der Waals surface area contributed by atoms with Crippen LogP contribution in [0.4, 0.5) is 0 Å². The molecule has 0 aromatic carbocycles. The molecule has 0 atom stereocenters. The maximum Gasteiger partial charge on any atom is 0.234 e. The molecule has 1 aliphatic heterocycles. The van der Waals surface area contributed by atoms with Crippen molar-refractivity contribution in [3.63, 3.8) is 0 Å². The first-order valence-electron chi connectivity index (χ1n) is 2.46. The van der Waals surface area contributed by atoms with Gasteiger partial charge in [-0.25, -0.2) is 5.43 Å². The van der Waals surface area contributed by atoms with Gasteiger partial charge in [-0.2, -0.15) is 10.2 Å². The smallest absolute Gasteiger partial charge is 0.234 e. The van der Waals surface area contributed by atoms with Crippen molar-refractivity contribution in [3.8, 4) is 0 Å². The predicted octanol–water partition coefficient (Wildman–Crippen LogP) is -0.734. The molecule has 0 aromatic heterocycles. The van der Waals surface area contributed by atoms with E-state index < -0.39 is 0 Å². The minimum absolute atomic E-state index is 0.211. The second-order valence-corrected chi connectivity index (χ2v) is 1.60. The number of hydrogen-bond donors (Lipinski definition) is 2. The maximum atomic E-state index is 5.22. The molecule has 0 unspecified atom stereocenters. The molecule has 1 rings (SSSR count).